The summed E-state index contributed by atoms with van der Waals surface area (Å²) in [5.41, 5.74) is 2.82. The molecule has 0 amide bonds. The summed E-state index contributed by atoms with van der Waals surface area (Å²) in [6.45, 7) is 16.3. The zero-order valence-electron chi connectivity index (χ0n) is 19.7. The van der Waals surface area contributed by atoms with E-state index in [2.05, 4.69) is 62.4 Å². The van der Waals surface area contributed by atoms with Gasteiger partial charge in [0.2, 0.25) is 0 Å². The second kappa shape index (κ2) is 46.7. The van der Waals surface area contributed by atoms with Crippen molar-refractivity contribution in [2.24, 2.45) is 0 Å². The van der Waals surface area contributed by atoms with Gasteiger partial charge in [-0.15, -0.1) is 0 Å². The monoisotopic (exact) mass is 444 g/mol. The molecule has 3 aromatic carbocycles. The average molecular weight is 445 g/mol. The summed E-state index contributed by atoms with van der Waals surface area (Å²) >= 11 is 0. The van der Waals surface area contributed by atoms with Gasteiger partial charge in [0.15, 0.2) is 0 Å². The topological polar surface area (TPSA) is 0 Å². The summed E-state index contributed by atoms with van der Waals surface area (Å²) in [5, 5.41) is 0. The molecule has 32 heavy (non-hydrogen) atoms. The van der Waals surface area contributed by atoms with Gasteiger partial charge >= 0.3 is 0 Å². The molecule has 0 saturated heterocycles. The van der Waals surface area contributed by atoms with E-state index in [-0.39, 0.29) is 29.7 Å². The lowest BCUT2D eigenvalue weighted by atomic mass is 10.2. The fourth-order valence-corrected chi connectivity index (χ4v) is 1.81. The lowest BCUT2D eigenvalue weighted by Crippen LogP contribution is -1.73. The Labute approximate surface area is 206 Å². The third kappa shape index (κ3) is 35.1. The Hall–Kier alpha value is -2.34. The van der Waals surface area contributed by atoms with Gasteiger partial charge in [-0.05, 0) is 24.0 Å². The molecule has 0 saturated carbocycles. The van der Waals surface area contributed by atoms with Crippen molar-refractivity contribution < 1.29 is 0 Å². The number of aryl methyl sites for hydroxylation is 2. The van der Waals surface area contributed by atoms with Crippen molar-refractivity contribution in [1.29, 1.82) is 0 Å². The highest BCUT2D eigenvalue weighted by Crippen LogP contribution is 1.97. The summed E-state index contributed by atoms with van der Waals surface area (Å²) in [7, 11) is 0. The van der Waals surface area contributed by atoms with Crippen molar-refractivity contribution in [1.82, 2.24) is 0 Å². The molecule has 3 aromatic rings. The highest BCUT2D eigenvalue weighted by atomic mass is 13.9. The van der Waals surface area contributed by atoms with Gasteiger partial charge in [-0.1, -0.05) is 182 Å². The lowest BCUT2D eigenvalue weighted by molar-refractivity contribution is 1.14. The molecule has 0 heteroatoms. The second-order valence-electron chi connectivity index (χ2n) is 4.83. The summed E-state index contributed by atoms with van der Waals surface area (Å²) in [5.74, 6) is 0. The maximum Gasteiger partial charge on any atom is -0.0307 e. The SMILES string of the molecule is C.C.C.C.CC.CC.CC.CCc1ccccc1.CCc1ccccc1.c1ccccc1. The highest BCUT2D eigenvalue weighted by Gasteiger charge is 1.80. The molecular formula is C32H60. The molecule has 0 heterocycles. The van der Waals surface area contributed by atoms with Crippen LogP contribution in [-0.4, -0.2) is 0 Å². The molecular weight excluding hydrogens is 384 g/mol. The quantitative estimate of drug-likeness (QED) is 0.368. The molecule has 0 fully saturated rings. The zero-order valence-corrected chi connectivity index (χ0v) is 19.7. The van der Waals surface area contributed by atoms with Crippen LogP contribution in [0.25, 0.3) is 0 Å². The molecule has 0 atom stereocenters. The van der Waals surface area contributed by atoms with Crippen molar-refractivity contribution >= 4 is 0 Å². The van der Waals surface area contributed by atoms with Gasteiger partial charge < -0.3 is 0 Å². The maximum absolute atomic E-state index is 2.16. The van der Waals surface area contributed by atoms with Crippen LogP contribution in [0.3, 0.4) is 0 Å². The van der Waals surface area contributed by atoms with E-state index in [0.717, 1.165) is 12.8 Å². The van der Waals surface area contributed by atoms with Crippen LogP contribution in [0.1, 0.15) is 96.2 Å². The predicted octanol–water partition coefficient (Wildman–Crippen LogP) is 11.8. The molecule has 0 aliphatic heterocycles. The number of rotatable bonds is 2. The van der Waals surface area contributed by atoms with Crippen molar-refractivity contribution in [3.63, 3.8) is 0 Å². The number of hydrogen-bond acceptors (Lipinski definition) is 0. The highest BCUT2D eigenvalue weighted by molar-refractivity contribution is 5.14. The van der Waals surface area contributed by atoms with Gasteiger partial charge in [-0.2, -0.15) is 0 Å². The first-order valence-corrected chi connectivity index (χ1v) is 10.9. The summed E-state index contributed by atoms with van der Waals surface area (Å²) in [6, 6.07) is 32.9. The minimum Gasteiger partial charge on any atom is -0.0776 e. The number of benzene rings is 3. The molecule has 0 nitrogen and oxygen atoms in total. The van der Waals surface area contributed by atoms with E-state index in [1.807, 2.05) is 90.1 Å². The Balaban J connectivity index is -0.0000000499. The first-order chi connectivity index (χ1) is 13.9. The lowest BCUT2D eigenvalue weighted by Gasteiger charge is -1.89. The van der Waals surface area contributed by atoms with E-state index < -0.39 is 0 Å². The van der Waals surface area contributed by atoms with Crippen molar-refractivity contribution in [2.75, 3.05) is 0 Å². The number of hydrogen-bond donors (Lipinski definition) is 0. The molecule has 0 unspecified atom stereocenters. The van der Waals surface area contributed by atoms with Crippen molar-refractivity contribution in [3.8, 4) is 0 Å². The molecule has 0 bridgehead atoms. The van der Waals surface area contributed by atoms with E-state index in [0.29, 0.717) is 0 Å². The largest absolute Gasteiger partial charge is 0.0776 e. The Morgan fingerprint density at radius 3 is 0.625 bits per heavy atom. The van der Waals surface area contributed by atoms with Crippen LogP contribution < -0.4 is 0 Å². The smallest absolute Gasteiger partial charge is 0.0307 e. The minimum absolute atomic E-state index is 0. The molecule has 3 rings (SSSR count). The first-order valence-electron chi connectivity index (χ1n) is 10.9. The third-order valence-corrected chi connectivity index (χ3v) is 3.17. The van der Waals surface area contributed by atoms with E-state index >= 15 is 0 Å². The van der Waals surface area contributed by atoms with E-state index in [1.165, 1.54) is 11.1 Å². The van der Waals surface area contributed by atoms with Crippen LogP contribution in [0.2, 0.25) is 0 Å². The molecule has 0 spiro atoms. The third-order valence-electron chi connectivity index (χ3n) is 3.17. The average Bonchev–Trinajstić information content (AvgIpc) is 2.86. The Morgan fingerprint density at radius 2 is 0.500 bits per heavy atom. The van der Waals surface area contributed by atoms with Crippen LogP contribution in [0.5, 0.6) is 0 Å². The fraction of sp³-hybridized carbons (Fsp3) is 0.438. The van der Waals surface area contributed by atoms with Crippen molar-refractivity contribution in [2.45, 2.75) is 97.9 Å². The summed E-state index contributed by atoms with van der Waals surface area (Å²) in [4.78, 5) is 0. The van der Waals surface area contributed by atoms with E-state index in [9.17, 15) is 0 Å². The Bertz CT molecular complexity index is 490. The van der Waals surface area contributed by atoms with Crippen LogP contribution >= 0.6 is 0 Å². The van der Waals surface area contributed by atoms with Gasteiger partial charge in [0.05, 0.1) is 0 Å². The Kier molecular flexibility index (Phi) is 69.3. The molecule has 0 aliphatic carbocycles. The Morgan fingerprint density at radius 1 is 0.344 bits per heavy atom. The van der Waals surface area contributed by atoms with Gasteiger partial charge in [0, 0.05) is 0 Å². The molecule has 0 aromatic heterocycles. The summed E-state index contributed by atoms with van der Waals surface area (Å²) < 4.78 is 0. The van der Waals surface area contributed by atoms with Crippen molar-refractivity contribution in [3.05, 3.63) is 108 Å². The van der Waals surface area contributed by atoms with Crippen LogP contribution in [-0.2, 0) is 12.8 Å². The van der Waals surface area contributed by atoms with Gasteiger partial charge in [-0.25, -0.2) is 0 Å². The minimum atomic E-state index is 0. The van der Waals surface area contributed by atoms with E-state index in [4.69, 9.17) is 0 Å². The molecule has 0 aliphatic rings. The second-order valence-corrected chi connectivity index (χ2v) is 4.83. The molecule has 188 valence electrons. The van der Waals surface area contributed by atoms with Gasteiger partial charge in [0.25, 0.3) is 0 Å². The van der Waals surface area contributed by atoms with Gasteiger partial charge in [-0.3, -0.25) is 0 Å². The fourth-order valence-electron chi connectivity index (χ4n) is 1.81. The van der Waals surface area contributed by atoms with Crippen LogP contribution in [0.4, 0.5) is 0 Å². The first kappa shape index (κ1) is 47.4. The standard InChI is InChI=1S/2C8H10.C6H6.3C2H6.4CH4/c2*1-2-8-6-4-3-5-7-8;1-2-4-6-5-3-1;3*1-2;;;;/h2*3-7H,2H2,1H3;1-6H;3*1-2H3;4*1H4. The van der Waals surface area contributed by atoms with E-state index in [1.54, 1.807) is 0 Å². The molecule has 0 radical (unpaired) electrons. The van der Waals surface area contributed by atoms with Gasteiger partial charge in [0.1, 0.15) is 0 Å². The maximum atomic E-state index is 2.16. The van der Waals surface area contributed by atoms with Crippen LogP contribution in [0.15, 0.2) is 97.1 Å². The zero-order chi connectivity index (χ0) is 21.9. The van der Waals surface area contributed by atoms with Crippen LogP contribution in [0, 0.1) is 0 Å². The molecule has 0 N–H and O–H groups in total. The predicted molar refractivity (Wildman–Crippen MR) is 159 cm³/mol. The normalized spacial score (nSPS) is 6.62. The summed E-state index contributed by atoms with van der Waals surface area (Å²) in [6.07, 6.45) is 2.28.